The minimum atomic E-state index is -4.75. The highest BCUT2D eigenvalue weighted by atomic mass is 32.1. The number of benzene rings is 1. The number of anilines is 1. The molecule has 1 saturated heterocycles. The van der Waals surface area contributed by atoms with Crippen molar-refractivity contribution in [2.24, 2.45) is 5.92 Å². The smallest absolute Gasteiger partial charge is 0.414 e. The number of piperidine rings is 1. The standard InChI is InChI=1S/C24H24F4N4O2S/c25-18-6-4-17(5-7-18)19-2-1-3-21(30-19)31-11-8-16(9-12-31)10-13-32(23(33)34)22(24(26,27)28)20-14-35-15-29-20/h1-7,14-16,22H,8-13H2,(H,33,34). The van der Waals surface area contributed by atoms with Crippen LogP contribution in [0.15, 0.2) is 53.4 Å². The summed E-state index contributed by atoms with van der Waals surface area (Å²) in [7, 11) is 0. The molecule has 1 atom stereocenters. The zero-order valence-corrected chi connectivity index (χ0v) is 19.5. The normalized spacial score (nSPS) is 15.7. The Hall–Kier alpha value is -3.21. The van der Waals surface area contributed by atoms with Crippen LogP contribution in [0.5, 0.6) is 0 Å². The molecule has 3 heterocycles. The quantitative estimate of drug-likeness (QED) is 0.383. The third-order valence-electron chi connectivity index (χ3n) is 6.19. The Morgan fingerprint density at radius 1 is 1.17 bits per heavy atom. The number of hydrogen-bond donors (Lipinski definition) is 1. The zero-order valence-electron chi connectivity index (χ0n) is 18.7. The third kappa shape index (κ3) is 6.08. The van der Waals surface area contributed by atoms with Gasteiger partial charge in [0.2, 0.25) is 0 Å². The summed E-state index contributed by atoms with van der Waals surface area (Å²) in [5, 5.41) is 10.8. The lowest BCUT2D eigenvalue weighted by atomic mass is 9.93. The molecule has 1 fully saturated rings. The maximum atomic E-state index is 13.7. The van der Waals surface area contributed by atoms with E-state index < -0.39 is 18.3 Å². The molecule has 0 bridgehead atoms. The summed E-state index contributed by atoms with van der Waals surface area (Å²) in [5.74, 6) is 0.553. The van der Waals surface area contributed by atoms with Crippen LogP contribution in [0.3, 0.4) is 0 Å². The summed E-state index contributed by atoms with van der Waals surface area (Å²) in [6, 6.07) is 9.45. The van der Waals surface area contributed by atoms with Crippen LogP contribution in [0.25, 0.3) is 11.3 Å². The van der Waals surface area contributed by atoms with Gasteiger partial charge in [-0.05, 0) is 61.6 Å². The number of carbonyl (C=O) groups is 1. The number of hydrogen-bond acceptors (Lipinski definition) is 5. The summed E-state index contributed by atoms with van der Waals surface area (Å²) in [6.45, 7) is 1.10. The number of thiazole rings is 1. The van der Waals surface area contributed by atoms with Crippen molar-refractivity contribution in [2.75, 3.05) is 24.5 Å². The van der Waals surface area contributed by atoms with E-state index in [1.165, 1.54) is 23.0 Å². The lowest BCUT2D eigenvalue weighted by Gasteiger charge is -2.35. The molecule has 6 nitrogen and oxygen atoms in total. The van der Waals surface area contributed by atoms with Crippen LogP contribution in [0, 0.1) is 11.7 Å². The molecule has 4 rings (SSSR count). The summed E-state index contributed by atoms with van der Waals surface area (Å²) in [6.07, 6.45) is -4.61. The van der Waals surface area contributed by atoms with Crippen molar-refractivity contribution in [3.8, 4) is 11.3 Å². The first kappa shape index (κ1) is 24.9. The maximum absolute atomic E-state index is 13.7. The number of alkyl halides is 3. The average Bonchev–Trinajstić information content (AvgIpc) is 3.35. The Balaban J connectivity index is 1.37. The Bertz CT molecular complexity index is 1120. The molecule has 0 radical (unpaired) electrons. The van der Waals surface area contributed by atoms with E-state index in [-0.39, 0.29) is 24.0 Å². The van der Waals surface area contributed by atoms with Crippen molar-refractivity contribution in [1.82, 2.24) is 14.9 Å². The fraction of sp³-hybridized carbons (Fsp3) is 0.375. The van der Waals surface area contributed by atoms with Crippen LogP contribution in [-0.4, -0.2) is 51.9 Å². The lowest BCUT2D eigenvalue weighted by Crippen LogP contribution is -2.43. The van der Waals surface area contributed by atoms with Crippen LogP contribution in [-0.2, 0) is 0 Å². The second kappa shape index (κ2) is 10.6. The van der Waals surface area contributed by atoms with Crippen LogP contribution in [0.4, 0.5) is 28.2 Å². The first-order chi connectivity index (χ1) is 16.7. The van der Waals surface area contributed by atoms with Crippen molar-refractivity contribution in [1.29, 1.82) is 0 Å². The first-order valence-corrected chi connectivity index (χ1v) is 12.1. The summed E-state index contributed by atoms with van der Waals surface area (Å²) in [5.41, 5.74) is 2.49. The van der Waals surface area contributed by atoms with Gasteiger partial charge in [-0.3, -0.25) is 4.90 Å². The number of rotatable bonds is 7. The van der Waals surface area contributed by atoms with Gasteiger partial charge in [0.05, 0.1) is 16.9 Å². The number of aromatic nitrogens is 2. The summed E-state index contributed by atoms with van der Waals surface area (Å²) >= 11 is 0.999. The molecule has 2 aromatic heterocycles. The Kier molecular flexibility index (Phi) is 7.54. The number of pyridine rings is 1. The molecule has 0 aliphatic carbocycles. The number of nitrogens with zero attached hydrogens (tertiary/aromatic N) is 4. The fourth-order valence-electron chi connectivity index (χ4n) is 4.35. The van der Waals surface area contributed by atoms with Crippen LogP contribution in [0.2, 0.25) is 0 Å². The van der Waals surface area contributed by atoms with E-state index in [9.17, 15) is 27.5 Å². The average molecular weight is 509 g/mol. The molecular formula is C24H24F4N4O2S. The van der Waals surface area contributed by atoms with E-state index in [1.54, 1.807) is 12.1 Å². The third-order valence-corrected chi connectivity index (χ3v) is 6.79. The van der Waals surface area contributed by atoms with Gasteiger partial charge in [0, 0.05) is 30.6 Å². The molecule has 3 aromatic rings. The van der Waals surface area contributed by atoms with Gasteiger partial charge in [-0.15, -0.1) is 11.3 Å². The van der Waals surface area contributed by atoms with E-state index >= 15 is 0 Å². The molecule has 1 amide bonds. The van der Waals surface area contributed by atoms with Gasteiger partial charge in [-0.1, -0.05) is 6.07 Å². The summed E-state index contributed by atoms with van der Waals surface area (Å²) < 4.78 is 54.3. The largest absolute Gasteiger partial charge is 0.465 e. The minimum absolute atomic E-state index is 0.0951. The van der Waals surface area contributed by atoms with E-state index in [1.807, 2.05) is 18.2 Å². The zero-order chi connectivity index (χ0) is 25.0. The number of carboxylic acid groups (broad SMARTS) is 1. The molecule has 1 aliphatic heterocycles. The highest BCUT2D eigenvalue weighted by molar-refractivity contribution is 7.07. The molecule has 0 spiro atoms. The van der Waals surface area contributed by atoms with E-state index in [2.05, 4.69) is 14.9 Å². The van der Waals surface area contributed by atoms with Gasteiger partial charge >= 0.3 is 12.3 Å². The number of halogens is 4. The van der Waals surface area contributed by atoms with Gasteiger partial charge in [-0.2, -0.15) is 13.2 Å². The highest BCUT2D eigenvalue weighted by Crippen LogP contribution is 2.38. The number of amides is 1. The van der Waals surface area contributed by atoms with Gasteiger partial charge < -0.3 is 10.0 Å². The van der Waals surface area contributed by atoms with Crippen LogP contribution >= 0.6 is 11.3 Å². The fourth-order valence-corrected chi connectivity index (χ4v) is 4.92. The molecule has 35 heavy (non-hydrogen) atoms. The summed E-state index contributed by atoms with van der Waals surface area (Å²) in [4.78, 5) is 22.7. The molecule has 186 valence electrons. The molecule has 1 N–H and O–H groups in total. The SMILES string of the molecule is O=C(O)N(CCC1CCN(c2cccc(-c3ccc(F)cc3)n2)CC1)C(c1cscn1)C(F)(F)F. The van der Waals surface area contributed by atoms with Crippen molar-refractivity contribution < 1.29 is 27.5 Å². The van der Waals surface area contributed by atoms with Crippen LogP contribution in [0.1, 0.15) is 31.0 Å². The topological polar surface area (TPSA) is 69.6 Å². The van der Waals surface area contributed by atoms with Gasteiger partial charge in [-0.25, -0.2) is 19.2 Å². The lowest BCUT2D eigenvalue weighted by molar-refractivity contribution is -0.182. The molecular weight excluding hydrogens is 484 g/mol. The second-order valence-electron chi connectivity index (χ2n) is 8.44. The van der Waals surface area contributed by atoms with E-state index in [0.717, 1.165) is 28.4 Å². The maximum Gasteiger partial charge on any atom is 0.414 e. The molecule has 1 aliphatic rings. The Labute approximate surface area is 203 Å². The van der Waals surface area contributed by atoms with Crippen molar-refractivity contribution in [2.45, 2.75) is 31.5 Å². The van der Waals surface area contributed by atoms with Crippen molar-refractivity contribution >= 4 is 23.2 Å². The van der Waals surface area contributed by atoms with Crippen molar-refractivity contribution in [3.63, 3.8) is 0 Å². The molecule has 1 aromatic carbocycles. The second-order valence-corrected chi connectivity index (χ2v) is 9.16. The minimum Gasteiger partial charge on any atom is -0.465 e. The van der Waals surface area contributed by atoms with Crippen LogP contribution < -0.4 is 4.90 Å². The van der Waals surface area contributed by atoms with E-state index in [4.69, 9.17) is 0 Å². The molecule has 1 unspecified atom stereocenters. The van der Waals surface area contributed by atoms with Gasteiger partial charge in [0.15, 0.2) is 6.04 Å². The monoisotopic (exact) mass is 508 g/mol. The van der Waals surface area contributed by atoms with Crippen molar-refractivity contribution in [3.05, 3.63) is 64.9 Å². The predicted molar refractivity (Wildman–Crippen MR) is 125 cm³/mol. The molecule has 11 heteroatoms. The predicted octanol–water partition coefficient (Wildman–Crippen LogP) is 6.23. The first-order valence-electron chi connectivity index (χ1n) is 11.1. The van der Waals surface area contributed by atoms with Gasteiger partial charge in [0.1, 0.15) is 11.6 Å². The Morgan fingerprint density at radius 3 is 2.49 bits per heavy atom. The van der Waals surface area contributed by atoms with Gasteiger partial charge in [0.25, 0.3) is 0 Å². The Morgan fingerprint density at radius 2 is 1.89 bits per heavy atom. The highest BCUT2D eigenvalue weighted by Gasteiger charge is 2.48. The molecule has 0 saturated carbocycles. The van der Waals surface area contributed by atoms with E-state index in [0.29, 0.717) is 37.3 Å².